The molecule has 0 amide bonds. The lowest BCUT2D eigenvalue weighted by Gasteiger charge is -2.25. The molecule has 0 aromatic heterocycles. The molecule has 1 atom stereocenters. The molecule has 5 rings (SSSR count). The van der Waals surface area contributed by atoms with Crippen molar-refractivity contribution < 1.29 is 4.79 Å². The van der Waals surface area contributed by atoms with Gasteiger partial charge in [-0.25, -0.2) is 0 Å². The van der Waals surface area contributed by atoms with Gasteiger partial charge in [0.1, 0.15) is 0 Å². The standard InChI is InChI=1S/C37H44O/c1-4-30-18-21-35(38)26-33(25-29-12-6-5-7-13-29)36(30)24-28(3)37(22-23-37)34-19-16-32(17-20-34)31-14-8-10-27(2)11-9-15-31/h4-7,12-13,16-21,24,27,31,33H,3,8-11,14-15,22-23,25-26H2,1-2H3. The third-order valence-electron chi connectivity index (χ3n) is 9.43. The quantitative estimate of drug-likeness (QED) is 0.383. The number of ketones is 1. The fourth-order valence-corrected chi connectivity index (χ4v) is 6.85. The van der Waals surface area contributed by atoms with Crippen molar-refractivity contribution >= 4 is 5.78 Å². The van der Waals surface area contributed by atoms with E-state index in [1.54, 1.807) is 6.08 Å². The highest BCUT2D eigenvalue weighted by molar-refractivity contribution is 5.91. The first-order valence-electron chi connectivity index (χ1n) is 14.9. The maximum Gasteiger partial charge on any atom is 0.156 e. The molecule has 3 aliphatic rings. The first kappa shape index (κ1) is 26.7. The Hall–Kier alpha value is -2.93. The second-order valence-corrected chi connectivity index (χ2v) is 12.1. The summed E-state index contributed by atoms with van der Waals surface area (Å²) in [5, 5.41) is 0. The Kier molecular flexibility index (Phi) is 8.32. The van der Waals surface area contributed by atoms with Crippen LogP contribution in [-0.2, 0) is 16.6 Å². The molecule has 1 nitrogen and oxygen atoms in total. The molecule has 0 spiro atoms. The van der Waals surface area contributed by atoms with Crippen LogP contribution < -0.4 is 0 Å². The van der Waals surface area contributed by atoms with Crippen LogP contribution in [0.15, 0.2) is 102 Å². The number of benzene rings is 2. The molecule has 2 aromatic rings. The lowest BCUT2D eigenvalue weighted by molar-refractivity contribution is -0.115. The van der Waals surface area contributed by atoms with Crippen molar-refractivity contribution in [2.24, 2.45) is 11.8 Å². The van der Waals surface area contributed by atoms with E-state index < -0.39 is 0 Å². The Morgan fingerprint density at radius 3 is 2.26 bits per heavy atom. The zero-order valence-corrected chi connectivity index (χ0v) is 23.4. The zero-order valence-electron chi connectivity index (χ0n) is 23.4. The van der Waals surface area contributed by atoms with Gasteiger partial charge in [0.25, 0.3) is 0 Å². The first-order valence-corrected chi connectivity index (χ1v) is 14.9. The smallest absolute Gasteiger partial charge is 0.156 e. The number of allylic oxidation sites excluding steroid dienone is 7. The van der Waals surface area contributed by atoms with E-state index in [-0.39, 0.29) is 17.1 Å². The van der Waals surface area contributed by atoms with Crippen molar-refractivity contribution in [2.75, 3.05) is 0 Å². The minimum Gasteiger partial charge on any atom is -0.295 e. The van der Waals surface area contributed by atoms with Crippen molar-refractivity contribution in [3.63, 3.8) is 0 Å². The minimum absolute atomic E-state index is 0.0398. The number of hydrogen-bond donors (Lipinski definition) is 0. The second kappa shape index (κ2) is 11.9. The van der Waals surface area contributed by atoms with E-state index in [4.69, 9.17) is 0 Å². The van der Waals surface area contributed by atoms with E-state index in [9.17, 15) is 4.79 Å². The number of carbonyl (C=O) groups is 1. The summed E-state index contributed by atoms with van der Waals surface area (Å²) < 4.78 is 0. The highest BCUT2D eigenvalue weighted by Crippen LogP contribution is 2.54. The van der Waals surface area contributed by atoms with E-state index in [0.29, 0.717) is 12.3 Å². The lowest BCUT2D eigenvalue weighted by atomic mass is 9.80. The molecular weight excluding hydrogens is 460 g/mol. The summed E-state index contributed by atoms with van der Waals surface area (Å²) in [7, 11) is 0. The average molecular weight is 505 g/mol. The van der Waals surface area contributed by atoms with Crippen molar-refractivity contribution in [1.82, 2.24) is 0 Å². The van der Waals surface area contributed by atoms with Gasteiger partial charge in [0.2, 0.25) is 0 Å². The largest absolute Gasteiger partial charge is 0.295 e. The monoisotopic (exact) mass is 504 g/mol. The normalized spacial score (nSPS) is 27.5. The summed E-state index contributed by atoms with van der Waals surface area (Å²) in [4.78, 5) is 12.7. The molecule has 1 unspecified atom stereocenters. The molecule has 38 heavy (non-hydrogen) atoms. The van der Waals surface area contributed by atoms with Gasteiger partial charge in [0.15, 0.2) is 5.78 Å². The Balaban J connectivity index is 1.38. The van der Waals surface area contributed by atoms with Crippen LogP contribution in [0.3, 0.4) is 0 Å². The summed E-state index contributed by atoms with van der Waals surface area (Å²) in [6.45, 7) is 9.14. The van der Waals surface area contributed by atoms with E-state index in [1.807, 2.05) is 6.08 Å². The molecule has 0 radical (unpaired) electrons. The van der Waals surface area contributed by atoms with Gasteiger partial charge in [-0.1, -0.05) is 112 Å². The van der Waals surface area contributed by atoms with E-state index in [1.165, 1.54) is 66.4 Å². The van der Waals surface area contributed by atoms with E-state index in [0.717, 1.165) is 30.8 Å². The summed E-state index contributed by atoms with van der Waals surface area (Å²) in [5.41, 5.74) is 7.86. The molecular formula is C37H44O. The van der Waals surface area contributed by atoms with Crippen LogP contribution in [0.25, 0.3) is 0 Å². The van der Waals surface area contributed by atoms with Gasteiger partial charge in [-0.3, -0.25) is 4.79 Å². The molecule has 3 aliphatic carbocycles. The molecule has 2 aromatic carbocycles. The van der Waals surface area contributed by atoms with Gasteiger partial charge >= 0.3 is 0 Å². The maximum atomic E-state index is 12.7. The molecule has 0 heterocycles. The van der Waals surface area contributed by atoms with Crippen LogP contribution in [-0.4, -0.2) is 5.78 Å². The van der Waals surface area contributed by atoms with Gasteiger partial charge in [-0.05, 0) is 96.3 Å². The predicted octanol–water partition coefficient (Wildman–Crippen LogP) is 9.61. The van der Waals surface area contributed by atoms with Crippen LogP contribution in [0.4, 0.5) is 0 Å². The highest BCUT2D eigenvalue weighted by Gasteiger charge is 2.46. The Labute approximate surface area is 230 Å². The lowest BCUT2D eigenvalue weighted by Crippen LogP contribution is -2.14. The third kappa shape index (κ3) is 6.04. The number of rotatable bonds is 6. The molecule has 0 aliphatic heterocycles. The van der Waals surface area contributed by atoms with Gasteiger partial charge in [-0.2, -0.15) is 0 Å². The van der Waals surface area contributed by atoms with Crippen LogP contribution >= 0.6 is 0 Å². The maximum absolute atomic E-state index is 12.7. The molecule has 2 saturated carbocycles. The van der Waals surface area contributed by atoms with Gasteiger partial charge in [-0.15, -0.1) is 0 Å². The first-order chi connectivity index (χ1) is 18.5. The summed E-state index contributed by atoms with van der Waals surface area (Å²) in [5.74, 6) is 1.97. The van der Waals surface area contributed by atoms with Crippen LogP contribution in [0.5, 0.6) is 0 Å². The van der Waals surface area contributed by atoms with Crippen LogP contribution in [0.2, 0.25) is 0 Å². The van der Waals surface area contributed by atoms with Gasteiger partial charge < -0.3 is 0 Å². The topological polar surface area (TPSA) is 17.1 Å². The molecule has 198 valence electrons. The summed E-state index contributed by atoms with van der Waals surface area (Å²) >= 11 is 0. The van der Waals surface area contributed by atoms with Crippen molar-refractivity contribution in [2.45, 2.75) is 89.4 Å². The molecule has 0 N–H and O–H groups in total. The van der Waals surface area contributed by atoms with E-state index in [2.05, 4.69) is 87.2 Å². The SMILES string of the molecule is C=C(C=C1C(=CC)C=CC(=O)CC1Cc1ccccc1)C1(c2ccc(C3CCCC(C)CCC3)cc2)CC1. The second-order valence-electron chi connectivity index (χ2n) is 12.1. The fraction of sp³-hybridized carbons (Fsp3) is 0.432. The summed E-state index contributed by atoms with van der Waals surface area (Å²) in [6.07, 6.45) is 20.1. The minimum atomic E-state index is 0.0398. The number of carbonyl (C=O) groups excluding carboxylic acids is 1. The predicted molar refractivity (Wildman–Crippen MR) is 160 cm³/mol. The number of hydrogen-bond acceptors (Lipinski definition) is 1. The van der Waals surface area contributed by atoms with E-state index >= 15 is 0 Å². The van der Waals surface area contributed by atoms with Crippen molar-refractivity contribution in [1.29, 1.82) is 0 Å². The van der Waals surface area contributed by atoms with Crippen molar-refractivity contribution in [3.8, 4) is 0 Å². The average Bonchev–Trinajstić information content (AvgIpc) is 3.74. The summed E-state index contributed by atoms with van der Waals surface area (Å²) in [6, 6.07) is 20.2. The highest BCUT2D eigenvalue weighted by atomic mass is 16.1. The Morgan fingerprint density at radius 1 is 0.947 bits per heavy atom. The van der Waals surface area contributed by atoms with Gasteiger partial charge in [0.05, 0.1) is 0 Å². The molecule has 0 saturated heterocycles. The molecule has 1 heteroatoms. The fourth-order valence-electron chi connectivity index (χ4n) is 6.85. The molecule has 2 fully saturated rings. The van der Waals surface area contributed by atoms with Crippen molar-refractivity contribution in [3.05, 3.63) is 119 Å². The molecule has 0 bridgehead atoms. The van der Waals surface area contributed by atoms with Gasteiger partial charge in [0, 0.05) is 11.8 Å². The van der Waals surface area contributed by atoms with Crippen LogP contribution in [0, 0.1) is 11.8 Å². The van der Waals surface area contributed by atoms with Crippen LogP contribution in [0.1, 0.15) is 94.2 Å². The third-order valence-corrected chi connectivity index (χ3v) is 9.43. The Morgan fingerprint density at radius 2 is 1.63 bits per heavy atom. The zero-order chi connectivity index (χ0) is 26.5. The Bertz CT molecular complexity index is 1210.